The maximum atomic E-state index is 9.23. The number of benzene rings is 1. The highest BCUT2D eigenvalue weighted by Crippen LogP contribution is 2.31. The Kier molecular flexibility index (Phi) is 4.58. The van der Waals surface area contributed by atoms with Crippen LogP contribution in [0.15, 0.2) is 42.9 Å². The number of aromatic nitrogens is 5. The number of hydrogen-bond donors (Lipinski definition) is 1. The van der Waals surface area contributed by atoms with Gasteiger partial charge in [0.25, 0.3) is 0 Å². The van der Waals surface area contributed by atoms with Crippen LogP contribution in [0.1, 0.15) is 11.1 Å². The molecule has 4 rings (SSSR count). The Morgan fingerprint density at radius 2 is 1.73 bits per heavy atom. The number of nitrogens with zero attached hydrogens (tertiary/aromatic N) is 5. The summed E-state index contributed by atoms with van der Waals surface area (Å²) in [4.78, 5) is 4.53. The van der Waals surface area contributed by atoms with Crippen LogP contribution in [0.5, 0.6) is 0 Å². The molecular weight excluding hydrogens is 397 g/mol. The monoisotopic (exact) mass is 407 g/mol. The molecule has 1 N–H and O–H groups in total. The van der Waals surface area contributed by atoms with Gasteiger partial charge in [0.15, 0.2) is 0 Å². The van der Waals surface area contributed by atoms with Crippen LogP contribution in [0.2, 0.25) is 15.1 Å². The summed E-state index contributed by atoms with van der Waals surface area (Å²) in [7, 11) is 0. The molecule has 4 aromatic rings. The first-order valence-electron chi connectivity index (χ1n) is 7.66. The van der Waals surface area contributed by atoms with Crippen molar-refractivity contribution in [2.45, 2.75) is 13.2 Å². The smallest absolute Gasteiger partial charge is 0.137 e. The lowest BCUT2D eigenvalue weighted by molar-refractivity contribution is 0.282. The number of pyridine rings is 1. The van der Waals surface area contributed by atoms with Crippen molar-refractivity contribution in [3.05, 3.63) is 69.1 Å². The van der Waals surface area contributed by atoms with Crippen molar-refractivity contribution in [3.63, 3.8) is 0 Å². The van der Waals surface area contributed by atoms with E-state index < -0.39 is 0 Å². The van der Waals surface area contributed by atoms with E-state index >= 15 is 0 Å². The Balaban J connectivity index is 1.62. The Hall–Kier alpha value is -2.12. The summed E-state index contributed by atoms with van der Waals surface area (Å²) >= 11 is 18.1. The number of aliphatic hydroxyl groups excluding tert-OH is 1. The predicted octanol–water partition coefficient (Wildman–Crippen LogP) is 4.09. The van der Waals surface area contributed by atoms with Gasteiger partial charge in [0, 0.05) is 12.4 Å². The van der Waals surface area contributed by atoms with Gasteiger partial charge in [0.2, 0.25) is 0 Å². The Morgan fingerprint density at radius 1 is 0.962 bits per heavy atom. The van der Waals surface area contributed by atoms with Crippen molar-refractivity contribution in [1.29, 1.82) is 0 Å². The number of hydrogen-bond acceptors (Lipinski definition) is 4. The summed E-state index contributed by atoms with van der Waals surface area (Å²) in [5.74, 6) is 0. The van der Waals surface area contributed by atoms with Gasteiger partial charge in [-0.1, -0.05) is 40.0 Å². The normalized spacial score (nSPS) is 11.4. The van der Waals surface area contributed by atoms with E-state index in [1.807, 2.05) is 28.9 Å². The van der Waals surface area contributed by atoms with Crippen LogP contribution in [-0.4, -0.2) is 29.5 Å². The second kappa shape index (κ2) is 6.89. The summed E-state index contributed by atoms with van der Waals surface area (Å²) in [6.45, 7) is 0.423. The highest BCUT2D eigenvalue weighted by molar-refractivity contribution is 6.48. The van der Waals surface area contributed by atoms with Crippen LogP contribution in [0, 0.1) is 0 Å². The molecule has 9 heteroatoms. The van der Waals surface area contributed by atoms with Crippen LogP contribution < -0.4 is 0 Å². The van der Waals surface area contributed by atoms with Crippen LogP contribution in [0.25, 0.3) is 17.0 Å². The van der Waals surface area contributed by atoms with Gasteiger partial charge in [0.1, 0.15) is 17.0 Å². The van der Waals surface area contributed by atoms with E-state index in [0.29, 0.717) is 33.0 Å². The lowest BCUT2D eigenvalue weighted by Gasteiger charge is -2.05. The van der Waals surface area contributed by atoms with Gasteiger partial charge in [-0.2, -0.15) is 0 Å². The molecule has 0 unspecified atom stereocenters. The summed E-state index contributed by atoms with van der Waals surface area (Å²) in [5, 5.41) is 18.7. The summed E-state index contributed by atoms with van der Waals surface area (Å²) < 4.78 is 3.54. The van der Waals surface area contributed by atoms with Crippen molar-refractivity contribution in [3.8, 4) is 11.4 Å². The van der Waals surface area contributed by atoms with E-state index in [9.17, 15) is 5.11 Å². The molecule has 3 heterocycles. The summed E-state index contributed by atoms with van der Waals surface area (Å²) in [6.07, 6.45) is 5.51. The maximum absolute atomic E-state index is 9.23. The topological polar surface area (TPSA) is 68.2 Å². The van der Waals surface area contributed by atoms with Crippen molar-refractivity contribution in [2.75, 3.05) is 0 Å². The van der Waals surface area contributed by atoms with Crippen LogP contribution >= 0.6 is 34.8 Å². The van der Waals surface area contributed by atoms with Crippen LogP contribution in [0.4, 0.5) is 0 Å². The van der Waals surface area contributed by atoms with Crippen molar-refractivity contribution >= 4 is 40.4 Å². The highest BCUT2D eigenvalue weighted by Gasteiger charge is 2.11. The molecule has 132 valence electrons. The van der Waals surface area contributed by atoms with Gasteiger partial charge >= 0.3 is 0 Å². The zero-order valence-electron chi connectivity index (χ0n) is 13.3. The Labute approximate surface area is 163 Å². The summed E-state index contributed by atoms with van der Waals surface area (Å²) in [6, 6.07) is 7.16. The first-order valence-corrected chi connectivity index (χ1v) is 8.79. The number of imidazole rings is 1. The Morgan fingerprint density at radius 3 is 2.46 bits per heavy atom. The molecule has 26 heavy (non-hydrogen) atoms. The van der Waals surface area contributed by atoms with E-state index in [4.69, 9.17) is 34.8 Å². The molecule has 0 fully saturated rings. The Bertz CT molecular complexity index is 1080. The fourth-order valence-corrected chi connectivity index (χ4v) is 3.27. The lowest BCUT2D eigenvalue weighted by atomic mass is 10.2. The zero-order chi connectivity index (χ0) is 18.3. The molecule has 0 saturated heterocycles. The minimum atomic E-state index is -0.0267. The molecule has 0 atom stereocenters. The third kappa shape index (κ3) is 3.29. The van der Waals surface area contributed by atoms with Crippen LogP contribution in [0.3, 0.4) is 0 Å². The highest BCUT2D eigenvalue weighted by atomic mass is 35.5. The molecule has 0 saturated carbocycles. The second-order valence-electron chi connectivity index (χ2n) is 5.76. The largest absolute Gasteiger partial charge is 0.392 e. The molecule has 3 aromatic heterocycles. The number of aliphatic hydroxyl groups is 1. The lowest BCUT2D eigenvalue weighted by Crippen LogP contribution is -2.00. The molecule has 0 bridgehead atoms. The van der Waals surface area contributed by atoms with Crippen molar-refractivity contribution < 1.29 is 5.11 Å². The third-order valence-electron chi connectivity index (χ3n) is 3.90. The summed E-state index contributed by atoms with van der Waals surface area (Å²) in [5.41, 5.74) is 3.74. The molecule has 0 aliphatic rings. The zero-order valence-corrected chi connectivity index (χ0v) is 15.5. The van der Waals surface area contributed by atoms with Gasteiger partial charge in [-0.15, -0.1) is 5.10 Å². The van der Waals surface area contributed by atoms with E-state index in [-0.39, 0.29) is 6.61 Å². The molecular formula is C17H12Cl3N5O. The number of rotatable bonds is 4. The van der Waals surface area contributed by atoms with Gasteiger partial charge in [-0.05, 0) is 35.4 Å². The van der Waals surface area contributed by atoms with Crippen molar-refractivity contribution in [1.82, 2.24) is 24.4 Å². The average Bonchev–Trinajstić information content (AvgIpc) is 3.25. The van der Waals surface area contributed by atoms with E-state index in [1.54, 1.807) is 23.0 Å². The first kappa shape index (κ1) is 17.3. The second-order valence-corrected chi connectivity index (χ2v) is 6.95. The first-order chi connectivity index (χ1) is 12.5. The van der Waals surface area contributed by atoms with Crippen LogP contribution in [-0.2, 0) is 13.2 Å². The average molecular weight is 409 g/mol. The molecule has 6 nitrogen and oxygen atoms in total. The fourth-order valence-electron chi connectivity index (χ4n) is 2.63. The predicted molar refractivity (Wildman–Crippen MR) is 101 cm³/mol. The van der Waals surface area contributed by atoms with Gasteiger partial charge < -0.3 is 9.51 Å². The van der Waals surface area contributed by atoms with E-state index in [2.05, 4.69) is 15.3 Å². The van der Waals surface area contributed by atoms with Gasteiger partial charge in [-0.25, -0.2) is 9.67 Å². The number of halogens is 3. The minimum absolute atomic E-state index is 0.0267. The molecule has 0 amide bonds. The van der Waals surface area contributed by atoms with E-state index in [1.165, 1.54) is 0 Å². The third-order valence-corrected chi connectivity index (χ3v) is 5.09. The standard InChI is InChI=1S/C17H12Cl3N5O/c18-12-3-11(4-13(19)17(12)20)6-25-8-15(22-23-25)14-7-24-2-1-10(9-26)5-16(24)21-14/h1-5,7-8,26H,6,9H2. The fraction of sp³-hybridized carbons (Fsp3) is 0.118. The molecule has 0 radical (unpaired) electrons. The maximum Gasteiger partial charge on any atom is 0.137 e. The quantitative estimate of drug-likeness (QED) is 0.516. The molecule has 0 spiro atoms. The SMILES string of the molecule is OCc1ccn2cc(-c3cn(Cc4cc(Cl)c(Cl)c(Cl)c4)nn3)nc2c1. The minimum Gasteiger partial charge on any atom is -0.392 e. The molecule has 1 aromatic carbocycles. The van der Waals surface area contributed by atoms with Gasteiger partial charge in [0.05, 0.1) is 34.4 Å². The molecule has 0 aliphatic heterocycles. The molecule has 0 aliphatic carbocycles. The van der Waals surface area contributed by atoms with Gasteiger partial charge in [-0.3, -0.25) is 0 Å². The van der Waals surface area contributed by atoms with Crippen molar-refractivity contribution in [2.24, 2.45) is 0 Å². The number of fused-ring (bicyclic) bond motifs is 1. The van der Waals surface area contributed by atoms with E-state index in [0.717, 1.165) is 16.8 Å².